The fraction of sp³-hybridized carbons (Fsp3) is 0.115. The Morgan fingerprint density at radius 1 is 1.05 bits per heavy atom. The number of hydrogen-bond donors (Lipinski definition) is 3. The van der Waals surface area contributed by atoms with E-state index < -0.39 is 43.4 Å². The van der Waals surface area contributed by atoms with E-state index in [2.05, 4.69) is 10.3 Å². The van der Waals surface area contributed by atoms with Crippen LogP contribution >= 0.6 is 23.4 Å². The lowest BCUT2D eigenvalue weighted by molar-refractivity contribution is 0.0981. The highest BCUT2D eigenvalue weighted by molar-refractivity contribution is 8.16. The third kappa shape index (κ3) is 5.81. The summed E-state index contributed by atoms with van der Waals surface area (Å²) in [6, 6.07) is 13.0. The molecule has 0 radical (unpaired) electrons. The molecule has 0 aliphatic carbocycles. The molecular weight excluding hydrogens is 586 g/mol. The Hall–Kier alpha value is -3.94. The minimum absolute atomic E-state index is 0.00791. The predicted octanol–water partition coefficient (Wildman–Crippen LogP) is 4.17. The molecule has 14 heteroatoms. The molecule has 1 aromatic heterocycles. The van der Waals surface area contributed by atoms with Crippen LogP contribution in [0.1, 0.15) is 22.3 Å². The fourth-order valence-electron chi connectivity index (χ4n) is 4.10. The summed E-state index contributed by atoms with van der Waals surface area (Å²) >= 11 is 6.76. The highest BCUT2D eigenvalue weighted by atomic mass is 35.5. The minimum Gasteiger partial charge on any atom is -0.381 e. The van der Waals surface area contributed by atoms with Gasteiger partial charge in [0, 0.05) is 23.9 Å². The molecule has 0 bridgehead atoms. The lowest BCUT2D eigenvalue weighted by Gasteiger charge is -2.12. The van der Waals surface area contributed by atoms with Crippen molar-refractivity contribution >= 4 is 55.9 Å². The summed E-state index contributed by atoms with van der Waals surface area (Å²) in [7, 11) is -3.99. The monoisotopic (exact) mass is 604 g/mol. The summed E-state index contributed by atoms with van der Waals surface area (Å²) < 4.78 is 54.1. The first-order chi connectivity index (χ1) is 19.0. The van der Waals surface area contributed by atoms with Crippen molar-refractivity contribution in [1.82, 2.24) is 14.3 Å². The number of thioether (sulfide) groups is 1. The van der Waals surface area contributed by atoms with E-state index in [4.69, 9.17) is 11.6 Å². The number of nitrogens with zero attached hydrogens (tertiary/aromatic N) is 1. The number of hydrogen-bond acceptors (Lipinski definition) is 7. The van der Waals surface area contributed by atoms with Crippen LogP contribution in [0.15, 0.2) is 80.7 Å². The number of allylic oxidation sites excluding steroid dienone is 1. The standard InChI is InChI=1S/C26H19ClF2N4O5S2/c27-22-7-8-23(39-22)40(37,38)32-24(34)15-1-4-19(5-2-15)33-25(35)20-6-3-18(12-21(20)31-26(33)36)30-13-14-9-16(28)11-17(29)10-14/h1-7,9-12,23,30H,8,13H2,(H,31,36)(H,32,34). The number of anilines is 1. The van der Waals surface area contributed by atoms with Crippen molar-refractivity contribution in [3.05, 3.63) is 115 Å². The van der Waals surface area contributed by atoms with Gasteiger partial charge in [-0.1, -0.05) is 29.4 Å². The number of aromatic amines is 1. The van der Waals surface area contributed by atoms with Crippen molar-refractivity contribution in [3.8, 4) is 5.69 Å². The van der Waals surface area contributed by atoms with Gasteiger partial charge in [0.15, 0.2) is 0 Å². The molecule has 1 amide bonds. The number of carbonyl (C=O) groups excluding carboxylic acids is 1. The molecule has 0 saturated carbocycles. The van der Waals surface area contributed by atoms with Gasteiger partial charge in [-0.05, 0) is 66.6 Å². The number of nitrogens with one attached hydrogen (secondary N) is 3. The van der Waals surface area contributed by atoms with Crippen LogP contribution in [0.2, 0.25) is 0 Å². The zero-order valence-electron chi connectivity index (χ0n) is 20.3. The summed E-state index contributed by atoms with van der Waals surface area (Å²) in [5.41, 5.74) is -0.0930. The normalized spacial score (nSPS) is 15.2. The number of halogens is 3. The summed E-state index contributed by atoms with van der Waals surface area (Å²) in [5, 5.41) is 3.18. The van der Waals surface area contributed by atoms with Crippen LogP contribution in [0.25, 0.3) is 16.6 Å². The summed E-state index contributed by atoms with van der Waals surface area (Å²) in [5.74, 6) is -2.27. The van der Waals surface area contributed by atoms with Crippen LogP contribution in [0, 0.1) is 11.6 Å². The van der Waals surface area contributed by atoms with Gasteiger partial charge in [0.25, 0.3) is 11.5 Å². The lowest BCUT2D eigenvalue weighted by Crippen LogP contribution is -2.36. The van der Waals surface area contributed by atoms with Gasteiger partial charge >= 0.3 is 5.69 Å². The Kier molecular flexibility index (Phi) is 7.53. The second-order valence-electron chi connectivity index (χ2n) is 8.78. The number of rotatable bonds is 7. The maximum Gasteiger partial charge on any atom is 0.333 e. The smallest absolute Gasteiger partial charge is 0.333 e. The summed E-state index contributed by atoms with van der Waals surface area (Å²) in [6.45, 7) is 0.104. The molecule has 1 aliphatic heterocycles. The van der Waals surface area contributed by atoms with E-state index in [9.17, 15) is 31.6 Å². The number of sulfonamides is 1. The van der Waals surface area contributed by atoms with E-state index in [1.807, 2.05) is 4.72 Å². The lowest BCUT2D eigenvalue weighted by atomic mass is 10.1. The van der Waals surface area contributed by atoms with Gasteiger partial charge in [-0.25, -0.2) is 31.3 Å². The highest BCUT2D eigenvalue weighted by Crippen LogP contribution is 2.37. The van der Waals surface area contributed by atoms with E-state index in [0.29, 0.717) is 15.6 Å². The molecule has 0 fully saturated rings. The predicted molar refractivity (Wildman–Crippen MR) is 150 cm³/mol. The first-order valence-corrected chi connectivity index (χ1v) is 14.5. The molecule has 0 spiro atoms. The topological polar surface area (TPSA) is 130 Å². The Morgan fingerprint density at radius 2 is 1.75 bits per heavy atom. The molecule has 1 unspecified atom stereocenters. The van der Waals surface area contributed by atoms with Crippen molar-refractivity contribution in [2.24, 2.45) is 0 Å². The Bertz CT molecular complexity index is 1890. The molecule has 4 aromatic rings. The first kappa shape index (κ1) is 27.6. The van der Waals surface area contributed by atoms with Crippen molar-refractivity contribution < 1.29 is 22.0 Å². The van der Waals surface area contributed by atoms with Gasteiger partial charge < -0.3 is 10.3 Å². The molecule has 206 valence electrons. The van der Waals surface area contributed by atoms with E-state index in [0.717, 1.165) is 22.4 Å². The van der Waals surface area contributed by atoms with Crippen molar-refractivity contribution in [2.75, 3.05) is 5.32 Å². The third-order valence-electron chi connectivity index (χ3n) is 6.00. The van der Waals surface area contributed by atoms with Gasteiger partial charge in [0.1, 0.15) is 16.2 Å². The van der Waals surface area contributed by atoms with Crippen LogP contribution in [0.3, 0.4) is 0 Å². The molecule has 3 aromatic carbocycles. The fourth-order valence-corrected chi connectivity index (χ4v) is 7.12. The summed E-state index contributed by atoms with van der Waals surface area (Å²) in [4.78, 5) is 41.1. The van der Waals surface area contributed by atoms with E-state index >= 15 is 0 Å². The molecule has 3 N–H and O–H groups in total. The molecule has 1 aliphatic rings. The average molecular weight is 605 g/mol. The minimum atomic E-state index is -3.99. The van der Waals surface area contributed by atoms with Crippen molar-refractivity contribution in [2.45, 2.75) is 17.5 Å². The maximum atomic E-state index is 13.4. The number of fused-ring (bicyclic) bond motifs is 1. The Balaban J connectivity index is 1.35. The Labute approximate surface area is 234 Å². The van der Waals surface area contributed by atoms with Gasteiger partial charge in [-0.15, -0.1) is 0 Å². The van der Waals surface area contributed by atoms with E-state index in [1.54, 1.807) is 12.1 Å². The van der Waals surface area contributed by atoms with Crippen LogP contribution in [-0.2, 0) is 16.6 Å². The van der Waals surface area contributed by atoms with Crippen LogP contribution in [0.4, 0.5) is 14.5 Å². The van der Waals surface area contributed by atoms with E-state index in [-0.39, 0.29) is 35.1 Å². The largest absolute Gasteiger partial charge is 0.381 e. The SMILES string of the molecule is O=C(NS(=O)(=O)C1CC=C(Cl)S1)c1ccc(-n2c(=O)[nH]c3cc(NCc4cc(F)cc(F)c4)ccc3c2=O)cc1. The first-order valence-electron chi connectivity index (χ1n) is 11.7. The van der Waals surface area contributed by atoms with Crippen LogP contribution in [0.5, 0.6) is 0 Å². The molecule has 5 rings (SSSR count). The van der Waals surface area contributed by atoms with Gasteiger partial charge in [-0.2, -0.15) is 0 Å². The highest BCUT2D eigenvalue weighted by Gasteiger charge is 2.31. The quantitative estimate of drug-likeness (QED) is 0.289. The summed E-state index contributed by atoms with van der Waals surface area (Å²) in [6.07, 6.45) is 1.73. The third-order valence-corrected chi connectivity index (χ3v) is 9.67. The molecule has 2 heterocycles. The number of aromatic nitrogens is 2. The molecule has 0 saturated heterocycles. The molecule has 9 nitrogen and oxygen atoms in total. The van der Waals surface area contributed by atoms with Gasteiger partial charge in [0.05, 0.1) is 21.0 Å². The average Bonchev–Trinajstić information content (AvgIpc) is 3.34. The zero-order valence-corrected chi connectivity index (χ0v) is 22.7. The Morgan fingerprint density at radius 3 is 2.40 bits per heavy atom. The van der Waals surface area contributed by atoms with Gasteiger partial charge in [0.2, 0.25) is 10.0 Å². The number of amides is 1. The molecule has 40 heavy (non-hydrogen) atoms. The van der Waals surface area contributed by atoms with E-state index in [1.165, 1.54) is 48.5 Å². The van der Waals surface area contributed by atoms with Crippen LogP contribution in [-0.4, -0.2) is 28.5 Å². The molecular formula is C26H19ClF2N4O5S2. The van der Waals surface area contributed by atoms with Crippen LogP contribution < -0.4 is 21.3 Å². The van der Waals surface area contributed by atoms with Crippen molar-refractivity contribution in [1.29, 1.82) is 0 Å². The number of carbonyl (C=O) groups is 1. The molecule has 1 atom stereocenters. The maximum absolute atomic E-state index is 13.4. The number of H-pyrrole nitrogens is 1. The second-order valence-corrected chi connectivity index (χ2v) is 12.8. The zero-order chi connectivity index (χ0) is 28.6. The second kappa shape index (κ2) is 10.9. The van der Waals surface area contributed by atoms with Gasteiger partial charge in [-0.3, -0.25) is 9.59 Å². The van der Waals surface area contributed by atoms with Crippen molar-refractivity contribution in [3.63, 3.8) is 0 Å². The number of benzene rings is 3.